The third kappa shape index (κ3) is 3.09. The average Bonchev–Trinajstić information content (AvgIpc) is 2.99. The fraction of sp³-hybridized carbons (Fsp3) is 0.278. The van der Waals surface area contributed by atoms with E-state index in [2.05, 4.69) is 24.4 Å². The lowest BCUT2D eigenvalue weighted by Gasteiger charge is -2.26. The van der Waals surface area contributed by atoms with Crippen molar-refractivity contribution >= 4 is 23.3 Å². The van der Waals surface area contributed by atoms with Gasteiger partial charge in [-0.25, -0.2) is 4.79 Å². The van der Waals surface area contributed by atoms with Crippen LogP contribution in [0.2, 0.25) is 5.02 Å². The molecule has 0 unspecified atom stereocenters. The largest absolute Gasteiger partial charge is 0.322 e. The van der Waals surface area contributed by atoms with Gasteiger partial charge in [-0.3, -0.25) is 0 Å². The Labute approximate surface area is 135 Å². The van der Waals surface area contributed by atoms with E-state index in [0.29, 0.717) is 5.02 Å². The van der Waals surface area contributed by atoms with Crippen molar-refractivity contribution in [3.63, 3.8) is 0 Å². The van der Waals surface area contributed by atoms with Gasteiger partial charge in [-0.1, -0.05) is 35.9 Å². The van der Waals surface area contributed by atoms with Crippen LogP contribution < -0.4 is 5.32 Å². The van der Waals surface area contributed by atoms with Crippen LogP contribution in [-0.2, 0) is 0 Å². The quantitative estimate of drug-likeness (QED) is 0.829. The van der Waals surface area contributed by atoms with Crippen LogP contribution in [0.5, 0.6) is 0 Å². The molecule has 0 saturated carbocycles. The molecule has 1 N–H and O–H groups in total. The molecule has 0 bridgehead atoms. The van der Waals surface area contributed by atoms with Crippen LogP contribution in [0.15, 0.2) is 48.5 Å². The van der Waals surface area contributed by atoms with Crippen molar-refractivity contribution in [1.82, 2.24) is 4.90 Å². The fourth-order valence-electron chi connectivity index (χ4n) is 3.02. The number of rotatable bonds is 2. The van der Waals surface area contributed by atoms with Crippen LogP contribution in [0, 0.1) is 6.92 Å². The number of likely N-dealkylation sites (tertiary alicyclic amines) is 1. The predicted octanol–water partition coefficient (Wildman–Crippen LogP) is 5.02. The molecule has 1 fully saturated rings. The summed E-state index contributed by atoms with van der Waals surface area (Å²) >= 11 is 5.87. The molecule has 1 heterocycles. The fourth-order valence-corrected chi connectivity index (χ4v) is 3.15. The number of urea groups is 1. The number of carbonyl (C=O) groups is 1. The van der Waals surface area contributed by atoms with Crippen LogP contribution in [0.25, 0.3) is 0 Å². The number of aryl methyl sites for hydroxylation is 1. The average molecular weight is 315 g/mol. The second-order valence-corrected chi connectivity index (χ2v) is 6.08. The minimum absolute atomic E-state index is 0.0481. The van der Waals surface area contributed by atoms with E-state index in [1.54, 1.807) is 12.1 Å². The summed E-state index contributed by atoms with van der Waals surface area (Å²) < 4.78 is 0. The normalized spacial score (nSPS) is 17.5. The summed E-state index contributed by atoms with van der Waals surface area (Å²) in [5.74, 6) is 0. The van der Waals surface area contributed by atoms with E-state index in [9.17, 15) is 4.79 Å². The molecule has 0 radical (unpaired) electrons. The van der Waals surface area contributed by atoms with Crippen LogP contribution in [-0.4, -0.2) is 17.5 Å². The summed E-state index contributed by atoms with van der Waals surface area (Å²) in [5.41, 5.74) is 3.25. The number of nitrogens with zero attached hydrogens (tertiary/aromatic N) is 1. The van der Waals surface area contributed by atoms with Gasteiger partial charge in [0.05, 0.1) is 6.04 Å². The van der Waals surface area contributed by atoms with Crippen molar-refractivity contribution < 1.29 is 4.79 Å². The second kappa shape index (κ2) is 6.41. The van der Waals surface area contributed by atoms with Gasteiger partial charge in [0.15, 0.2) is 0 Å². The topological polar surface area (TPSA) is 32.3 Å². The molecule has 3 nitrogen and oxygen atoms in total. The number of nitrogens with one attached hydrogen (secondary N) is 1. The molecule has 4 heteroatoms. The lowest BCUT2D eigenvalue weighted by atomic mass is 9.99. The number of anilines is 1. The highest BCUT2D eigenvalue weighted by Crippen LogP contribution is 2.34. The molecule has 114 valence electrons. The number of carbonyl (C=O) groups excluding carboxylic acids is 1. The SMILES string of the molecule is Cc1ccccc1[C@@H]1CCCN1C(=O)Nc1ccc(Cl)cc1. The number of halogens is 1. The Balaban J connectivity index is 1.76. The number of hydrogen-bond donors (Lipinski definition) is 1. The van der Waals surface area contributed by atoms with Crippen molar-refractivity contribution in [3.05, 3.63) is 64.7 Å². The summed E-state index contributed by atoms with van der Waals surface area (Å²) in [5, 5.41) is 3.62. The van der Waals surface area contributed by atoms with Crippen LogP contribution in [0.1, 0.15) is 30.0 Å². The Bertz CT molecular complexity index is 669. The van der Waals surface area contributed by atoms with Crippen molar-refractivity contribution in [1.29, 1.82) is 0 Å². The zero-order valence-electron chi connectivity index (χ0n) is 12.6. The summed E-state index contributed by atoms with van der Waals surface area (Å²) in [6, 6.07) is 15.6. The van der Waals surface area contributed by atoms with Gasteiger partial charge >= 0.3 is 6.03 Å². The monoisotopic (exact) mass is 314 g/mol. The first-order chi connectivity index (χ1) is 10.6. The Morgan fingerprint density at radius 3 is 2.64 bits per heavy atom. The minimum Gasteiger partial charge on any atom is -0.317 e. The molecule has 1 aliphatic rings. The first kappa shape index (κ1) is 14.9. The molecule has 2 aromatic carbocycles. The summed E-state index contributed by atoms with van der Waals surface area (Å²) in [6.45, 7) is 2.89. The van der Waals surface area contributed by atoms with Crippen LogP contribution in [0.3, 0.4) is 0 Å². The van der Waals surface area contributed by atoms with Crippen LogP contribution >= 0.6 is 11.6 Å². The van der Waals surface area contributed by atoms with E-state index in [1.807, 2.05) is 29.2 Å². The van der Waals surface area contributed by atoms with E-state index in [0.717, 1.165) is 25.1 Å². The Morgan fingerprint density at radius 2 is 1.91 bits per heavy atom. The number of benzene rings is 2. The summed E-state index contributed by atoms with van der Waals surface area (Å²) in [7, 11) is 0. The smallest absolute Gasteiger partial charge is 0.317 e. The zero-order chi connectivity index (χ0) is 15.5. The van der Waals surface area contributed by atoms with Crippen molar-refractivity contribution in [3.8, 4) is 0 Å². The van der Waals surface area contributed by atoms with Gasteiger partial charge in [0.2, 0.25) is 0 Å². The van der Waals surface area contributed by atoms with Crippen molar-refractivity contribution in [2.45, 2.75) is 25.8 Å². The molecule has 0 spiro atoms. The molecule has 2 aromatic rings. The molecule has 0 aliphatic carbocycles. The third-order valence-electron chi connectivity index (χ3n) is 4.16. The lowest BCUT2D eigenvalue weighted by Crippen LogP contribution is -2.34. The zero-order valence-corrected chi connectivity index (χ0v) is 13.3. The third-order valence-corrected chi connectivity index (χ3v) is 4.41. The van der Waals surface area contributed by atoms with E-state index in [-0.39, 0.29) is 12.1 Å². The number of amides is 2. The first-order valence-corrected chi connectivity index (χ1v) is 7.91. The Morgan fingerprint density at radius 1 is 1.18 bits per heavy atom. The molecule has 1 saturated heterocycles. The Hall–Kier alpha value is -2.00. The summed E-state index contributed by atoms with van der Waals surface area (Å²) in [6.07, 6.45) is 2.05. The van der Waals surface area contributed by atoms with Crippen LogP contribution in [0.4, 0.5) is 10.5 Å². The van der Waals surface area contributed by atoms with Gasteiger partial charge in [-0.15, -0.1) is 0 Å². The van der Waals surface area contributed by atoms with E-state index >= 15 is 0 Å². The first-order valence-electron chi connectivity index (χ1n) is 7.54. The van der Waals surface area contributed by atoms with Gasteiger partial charge in [0, 0.05) is 17.3 Å². The molecular weight excluding hydrogens is 296 g/mol. The molecular formula is C18H19ClN2O. The minimum atomic E-state index is -0.0481. The van der Waals surface area contributed by atoms with E-state index in [1.165, 1.54) is 11.1 Å². The maximum atomic E-state index is 12.6. The van der Waals surface area contributed by atoms with Crippen molar-refractivity contribution in [2.24, 2.45) is 0 Å². The standard InChI is InChI=1S/C18H19ClN2O/c1-13-5-2-3-6-16(13)17-7-4-12-21(17)18(22)20-15-10-8-14(19)9-11-15/h2-3,5-6,8-11,17H,4,7,12H2,1H3,(H,20,22)/t17-/m0/s1. The van der Waals surface area contributed by atoms with Crippen molar-refractivity contribution in [2.75, 3.05) is 11.9 Å². The molecule has 3 rings (SSSR count). The second-order valence-electron chi connectivity index (χ2n) is 5.65. The van der Waals surface area contributed by atoms with Gasteiger partial charge in [0.1, 0.15) is 0 Å². The number of hydrogen-bond acceptors (Lipinski definition) is 1. The highest BCUT2D eigenvalue weighted by atomic mass is 35.5. The Kier molecular flexibility index (Phi) is 4.34. The van der Waals surface area contributed by atoms with Gasteiger partial charge < -0.3 is 10.2 Å². The molecule has 1 atom stereocenters. The molecule has 1 aliphatic heterocycles. The van der Waals surface area contributed by atoms with E-state index in [4.69, 9.17) is 11.6 Å². The van der Waals surface area contributed by atoms with E-state index < -0.39 is 0 Å². The highest BCUT2D eigenvalue weighted by Gasteiger charge is 2.30. The highest BCUT2D eigenvalue weighted by molar-refractivity contribution is 6.30. The van der Waals surface area contributed by atoms with Gasteiger partial charge in [-0.2, -0.15) is 0 Å². The van der Waals surface area contributed by atoms with Gasteiger partial charge in [-0.05, 0) is 55.2 Å². The maximum absolute atomic E-state index is 12.6. The summed E-state index contributed by atoms with van der Waals surface area (Å²) in [4.78, 5) is 14.5. The predicted molar refractivity (Wildman–Crippen MR) is 90.3 cm³/mol. The lowest BCUT2D eigenvalue weighted by molar-refractivity contribution is 0.207. The molecule has 0 aromatic heterocycles. The maximum Gasteiger partial charge on any atom is 0.322 e. The molecule has 22 heavy (non-hydrogen) atoms. The van der Waals surface area contributed by atoms with Gasteiger partial charge in [0.25, 0.3) is 0 Å². The molecule has 2 amide bonds.